The summed E-state index contributed by atoms with van der Waals surface area (Å²) in [6.07, 6.45) is 0. The van der Waals surface area contributed by atoms with Crippen molar-refractivity contribution in [1.29, 1.82) is 0 Å². The van der Waals surface area contributed by atoms with E-state index in [4.69, 9.17) is 16.7 Å². The van der Waals surface area contributed by atoms with Crippen LogP contribution in [0.25, 0.3) is 0 Å². The van der Waals surface area contributed by atoms with Crippen LogP contribution in [0, 0.1) is 10.1 Å². The minimum Gasteiger partial charge on any atom is -0.508 e. The van der Waals surface area contributed by atoms with E-state index in [1.807, 2.05) is 0 Å². The predicted molar refractivity (Wildman–Crippen MR) is 49.8 cm³/mol. The Morgan fingerprint density at radius 2 is 2.14 bits per heavy atom. The molecule has 0 aliphatic carbocycles. The Labute approximate surface area is 84.1 Å². The number of hydrogen-bond donors (Lipinski definition) is 1. The summed E-state index contributed by atoms with van der Waals surface area (Å²) in [7, 11) is 0. The van der Waals surface area contributed by atoms with Gasteiger partial charge in [-0.25, -0.2) is 0 Å². The smallest absolute Gasteiger partial charge is 0.298 e. The molecule has 0 saturated heterocycles. The van der Waals surface area contributed by atoms with E-state index in [0.29, 0.717) is 0 Å². The molecule has 0 saturated carbocycles. The average molecular weight is 216 g/mol. The molecular weight excluding hydrogens is 210 g/mol. The molecule has 1 N–H and O–H groups in total. The second-order valence-electron chi connectivity index (χ2n) is 2.64. The maximum atomic E-state index is 11.0. The third kappa shape index (κ3) is 1.82. The van der Waals surface area contributed by atoms with Crippen molar-refractivity contribution < 1.29 is 14.8 Å². The first kappa shape index (κ1) is 10.5. The number of aromatic hydroxyl groups is 1. The van der Waals surface area contributed by atoms with E-state index in [-0.39, 0.29) is 16.3 Å². The molecule has 1 rings (SSSR count). The SMILES string of the molecule is CC(=O)c1cc(O)cc(Cl)c1[N+](=O)[O-]. The molecule has 74 valence electrons. The van der Waals surface area contributed by atoms with Crippen LogP contribution in [0.3, 0.4) is 0 Å². The highest BCUT2D eigenvalue weighted by Gasteiger charge is 2.22. The molecule has 5 nitrogen and oxygen atoms in total. The summed E-state index contributed by atoms with van der Waals surface area (Å²) >= 11 is 5.52. The van der Waals surface area contributed by atoms with Gasteiger partial charge in [-0.2, -0.15) is 0 Å². The maximum absolute atomic E-state index is 11.0. The summed E-state index contributed by atoms with van der Waals surface area (Å²) in [5.74, 6) is -0.791. The van der Waals surface area contributed by atoms with Gasteiger partial charge in [0.25, 0.3) is 5.69 Å². The lowest BCUT2D eigenvalue weighted by atomic mass is 10.1. The first-order chi connectivity index (χ1) is 6.43. The van der Waals surface area contributed by atoms with Gasteiger partial charge in [-0.05, 0) is 13.0 Å². The van der Waals surface area contributed by atoms with Crippen LogP contribution in [0.5, 0.6) is 5.75 Å². The maximum Gasteiger partial charge on any atom is 0.298 e. The number of halogens is 1. The minimum atomic E-state index is -0.751. The van der Waals surface area contributed by atoms with Crippen LogP contribution in [-0.4, -0.2) is 15.8 Å². The van der Waals surface area contributed by atoms with Crippen LogP contribution >= 0.6 is 11.6 Å². The summed E-state index contributed by atoms with van der Waals surface area (Å²) in [5.41, 5.74) is -0.669. The Morgan fingerprint density at radius 1 is 1.57 bits per heavy atom. The summed E-state index contributed by atoms with van der Waals surface area (Å²) in [6.45, 7) is 1.16. The highest BCUT2D eigenvalue weighted by atomic mass is 35.5. The standard InChI is InChI=1S/C8H6ClNO4/c1-4(11)6-2-5(12)3-7(9)8(6)10(13)14/h2-3,12H,1H3. The van der Waals surface area contributed by atoms with E-state index in [0.717, 1.165) is 19.1 Å². The van der Waals surface area contributed by atoms with E-state index in [9.17, 15) is 14.9 Å². The molecular formula is C8H6ClNO4. The van der Waals surface area contributed by atoms with Gasteiger partial charge in [0, 0.05) is 6.07 Å². The van der Waals surface area contributed by atoms with Crippen LogP contribution in [0.15, 0.2) is 12.1 Å². The second kappa shape index (κ2) is 3.63. The van der Waals surface area contributed by atoms with Gasteiger partial charge in [0.1, 0.15) is 16.3 Å². The molecule has 0 unspecified atom stereocenters. The van der Waals surface area contributed by atoms with E-state index in [1.54, 1.807) is 0 Å². The molecule has 6 heteroatoms. The topological polar surface area (TPSA) is 80.4 Å². The Balaban J connectivity index is 3.52. The van der Waals surface area contributed by atoms with Crippen molar-refractivity contribution in [3.05, 3.63) is 32.8 Å². The van der Waals surface area contributed by atoms with Gasteiger partial charge in [-0.15, -0.1) is 0 Å². The normalized spacial score (nSPS) is 9.86. The fourth-order valence-electron chi connectivity index (χ4n) is 1.04. The molecule has 0 atom stereocenters. The number of Topliss-reactive ketones (excluding diaryl/α,β-unsaturated/α-hetero) is 1. The third-order valence-corrected chi connectivity index (χ3v) is 1.90. The Kier molecular flexibility index (Phi) is 2.71. The molecule has 0 spiro atoms. The number of rotatable bonds is 2. The van der Waals surface area contributed by atoms with Crippen molar-refractivity contribution in [3.8, 4) is 5.75 Å². The van der Waals surface area contributed by atoms with E-state index in [1.165, 1.54) is 0 Å². The summed E-state index contributed by atoms with van der Waals surface area (Å²) in [5, 5.41) is 19.4. The number of benzene rings is 1. The molecule has 1 aromatic carbocycles. The first-order valence-electron chi connectivity index (χ1n) is 3.61. The lowest BCUT2D eigenvalue weighted by molar-refractivity contribution is -0.385. The predicted octanol–water partition coefficient (Wildman–Crippen LogP) is 2.16. The molecule has 0 aliphatic heterocycles. The van der Waals surface area contributed by atoms with Crippen molar-refractivity contribution in [1.82, 2.24) is 0 Å². The Morgan fingerprint density at radius 3 is 2.57 bits per heavy atom. The number of carbonyl (C=O) groups excluding carboxylic acids is 1. The number of nitrogens with zero attached hydrogens (tertiary/aromatic N) is 1. The Bertz CT molecular complexity index is 416. The summed E-state index contributed by atoms with van der Waals surface area (Å²) in [6, 6.07) is 2.04. The highest BCUT2D eigenvalue weighted by Crippen LogP contribution is 2.32. The van der Waals surface area contributed by atoms with Crippen molar-refractivity contribution in [2.75, 3.05) is 0 Å². The van der Waals surface area contributed by atoms with Crippen molar-refractivity contribution >= 4 is 23.1 Å². The lowest BCUT2D eigenvalue weighted by Crippen LogP contribution is -2.00. The molecule has 0 aromatic heterocycles. The van der Waals surface area contributed by atoms with Gasteiger partial charge >= 0.3 is 0 Å². The monoisotopic (exact) mass is 215 g/mol. The van der Waals surface area contributed by atoms with E-state index < -0.39 is 16.4 Å². The highest BCUT2D eigenvalue weighted by molar-refractivity contribution is 6.33. The van der Waals surface area contributed by atoms with Gasteiger partial charge in [-0.1, -0.05) is 11.6 Å². The molecule has 14 heavy (non-hydrogen) atoms. The molecule has 0 heterocycles. The Hall–Kier alpha value is -1.62. The number of phenolic OH excluding ortho intramolecular Hbond substituents is 1. The van der Waals surface area contributed by atoms with Gasteiger partial charge in [0.15, 0.2) is 5.78 Å². The van der Waals surface area contributed by atoms with Crippen molar-refractivity contribution in [2.45, 2.75) is 6.92 Å². The fraction of sp³-hybridized carbons (Fsp3) is 0.125. The number of carbonyl (C=O) groups is 1. The van der Waals surface area contributed by atoms with E-state index >= 15 is 0 Å². The van der Waals surface area contributed by atoms with Gasteiger partial charge in [0.05, 0.1) is 4.92 Å². The van der Waals surface area contributed by atoms with Crippen molar-refractivity contribution in [2.24, 2.45) is 0 Å². The minimum absolute atomic E-state index is 0.194. The number of ketones is 1. The average Bonchev–Trinajstić information content (AvgIpc) is 2.01. The van der Waals surface area contributed by atoms with E-state index in [2.05, 4.69) is 0 Å². The van der Waals surface area contributed by atoms with Crippen LogP contribution in [0.4, 0.5) is 5.69 Å². The summed E-state index contributed by atoms with van der Waals surface area (Å²) in [4.78, 5) is 20.8. The lowest BCUT2D eigenvalue weighted by Gasteiger charge is -2.01. The molecule has 1 aromatic rings. The van der Waals surface area contributed by atoms with Crippen molar-refractivity contribution in [3.63, 3.8) is 0 Å². The fourth-order valence-corrected chi connectivity index (χ4v) is 1.32. The molecule has 0 bridgehead atoms. The van der Waals surface area contributed by atoms with Gasteiger partial charge in [-0.3, -0.25) is 14.9 Å². The number of phenols is 1. The van der Waals surface area contributed by atoms with Gasteiger partial charge < -0.3 is 5.11 Å². The van der Waals surface area contributed by atoms with Crippen LogP contribution in [0.2, 0.25) is 5.02 Å². The molecule has 0 aliphatic rings. The van der Waals surface area contributed by atoms with Gasteiger partial charge in [0.2, 0.25) is 0 Å². The second-order valence-corrected chi connectivity index (χ2v) is 3.04. The quantitative estimate of drug-likeness (QED) is 0.466. The number of hydrogen-bond acceptors (Lipinski definition) is 4. The molecule has 0 fully saturated rings. The first-order valence-corrected chi connectivity index (χ1v) is 3.99. The zero-order valence-corrected chi connectivity index (χ0v) is 7.91. The van der Waals surface area contributed by atoms with Crippen LogP contribution in [-0.2, 0) is 0 Å². The summed E-state index contributed by atoms with van der Waals surface area (Å²) < 4.78 is 0. The number of nitro benzene ring substituents is 1. The van der Waals surface area contributed by atoms with Crippen LogP contribution < -0.4 is 0 Å². The zero-order valence-electron chi connectivity index (χ0n) is 7.15. The zero-order chi connectivity index (χ0) is 10.9. The molecule has 0 amide bonds. The largest absolute Gasteiger partial charge is 0.508 e. The molecule has 0 radical (unpaired) electrons. The number of nitro groups is 1. The van der Waals surface area contributed by atoms with Crippen LogP contribution in [0.1, 0.15) is 17.3 Å². The third-order valence-electron chi connectivity index (χ3n) is 1.61.